The molecule has 0 radical (unpaired) electrons. The molecule has 4 aromatic rings. The Bertz CT molecular complexity index is 1370. The number of ether oxygens (including phenoxy) is 1. The molecule has 1 fully saturated rings. The summed E-state index contributed by atoms with van der Waals surface area (Å²) in [5.41, 5.74) is 8.91. The SMILES string of the molecule is CC(Oc1c(N)ncc2c(-c3csc(CN4CCN(C)CC4)c3)coc12)c1c(Cl)ccc(F)c1Cl. The third-order valence-corrected chi connectivity index (χ3v) is 7.96. The first kappa shape index (κ1) is 24.3. The monoisotopic (exact) mass is 534 g/mol. The third kappa shape index (κ3) is 4.86. The molecule has 35 heavy (non-hydrogen) atoms. The number of benzene rings is 1. The molecular weight excluding hydrogens is 510 g/mol. The molecule has 1 unspecified atom stereocenters. The van der Waals surface area contributed by atoms with E-state index in [1.54, 1.807) is 30.7 Å². The Labute approximate surface area is 217 Å². The van der Waals surface area contributed by atoms with Crippen LogP contribution in [0.5, 0.6) is 5.75 Å². The van der Waals surface area contributed by atoms with Crippen LogP contribution >= 0.6 is 34.5 Å². The summed E-state index contributed by atoms with van der Waals surface area (Å²) in [6, 6.07) is 4.86. The zero-order valence-electron chi connectivity index (χ0n) is 19.4. The maximum absolute atomic E-state index is 14.0. The van der Waals surface area contributed by atoms with Gasteiger partial charge in [0, 0.05) is 59.9 Å². The molecule has 1 aliphatic heterocycles. The second-order valence-electron chi connectivity index (χ2n) is 8.76. The summed E-state index contributed by atoms with van der Waals surface area (Å²) in [6.07, 6.45) is 2.68. The van der Waals surface area contributed by atoms with Gasteiger partial charge in [-0.15, -0.1) is 11.3 Å². The van der Waals surface area contributed by atoms with Crippen LogP contribution in [0.4, 0.5) is 10.2 Å². The quantitative estimate of drug-likeness (QED) is 0.286. The highest BCUT2D eigenvalue weighted by molar-refractivity contribution is 7.10. The molecular formula is C25H25Cl2FN4O2S. The molecule has 1 saturated heterocycles. The molecule has 1 aromatic carbocycles. The van der Waals surface area contributed by atoms with Gasteiger partial charge in [0.05, 0.1) is 16.7 Å². The smallest absolute Gasteiger partial charge is 0.205 e. The van der Waals surface area contributed by atoms with Gasteiger partial charge < -0.3 is 19.8 Å². The lowest BCUT2D eigenvalue weighted by molar-refractivity contribution is 0.149. The van der Waals surface area contributed by atoms with Crippen molar-refractivity contribution in [3.05, 3.63) is 62.3 Å². The van der Waals surface area contributed by atoms with E-state index in [0.717, 1.165) is 49.2 Å². The van der Waals surface area contributed by atoms with Crippen molar-refractivity contribution >= 4 is 51.3 Å². The van der Waals surface area contributed by atoms with Gasteiger partial charge in [-0.05, 0) is 43.1 Å². The van der Waals surface area contributed by atoms with E-state index in [1.807, 2.05) is 0 Å². The lowest BCUT2D eigenvalue weighted by Gasteiger charge is -2.31. The summed E-state index contributed by atoms with van der Waals surface area (Å²) in [5.74, 6) is -0.142. The van der Waals surface area contributed by atoms with Gasteiger partial charge >= 0.3 is 0 Å². The number of thiophene rings is 1. The number of pyridine rings is 1. The van der Waals surface area contributed by atoms with Gasteiger partial charge in [-0.1, -0.05) is 23.2 Å². The lowest BCUT2D eigenvalue weighted by atomic mass is 10.1. The first-order chi connectivity index (χ1) is 16.8. The first-order valence-corrected chi connectivity index (χ1v) is 12.9. The zero-order valence-corrected chi connectivity index (χ0v) is 21.7. The summed E-state index contributed by atoms with van der Waals surface area (Å²) in [4.78, 5) is 10.4. The van der Waals surface area contributed by atoms with Crippen LogP contribution in [0.25, 0.3) is 22.1 Å². The van der Waals surface area contributed by atoms with Crippen LogP contribution in [0.1, 0.15) is 23.5 Å². The highest BCUT2D eigenvalue weighted by Gasteiger charge is 2.23. The maximum atomic E-state index is 14.0. The van der Waals surface area contributed by atoms with Crippen molar-refractivity contribution in [2.24, 2.45) is 0 Å². The van der Waals surface area contributed by atoms with Gasteiger partial charge in [0.25, 0.3) is 0 Å². The van der Waals surface area contributed by atoms with Crippen LogP contribution in [0.3, 0.4) is 0 Å². The topological polar surface area (TPSA) is 67.8 Å². The summed E-state index contributed by atoms with van der Waals surface area (Å²) < 4.78 is 26.1. The Morgan fingerprint density at radius 2 is 2.03 bits per heavy atom. The molecule has 10 heteroatoms. The number of piperazine rings is 1. The fraction of sp³-hybridized carbons (Fsp3) is 0.320. The number of nitrogens with zero attached hydrogens (tertiary/aromatic N) is 3. The number of nitrogens with two attached hydrogens (primary N) is 1. The van der Waals surface area contributed by atoms with E-state index in [2.05, 4.69) is 33.3 Å². The molecule has 0 bridgehead atoms. The second-order valence-corrected chi connectivity index (χ2v) is 10.5. The predicted molar refractivity (Wildman–Crippen MR) is 140 cm³/mol. The average molecular weight is 535 g/mol. The number of furan rings is 1. The number of halogens is 3. The number of anilines is 1. The van der Waals surface area contributed by atoms with Crippen LogP contribution in [0.2, 0.25) is 10.0 Å². The summed E-state index contributed by atoms with van der Waals surface area (Å²) in [7, 11) is 2.16. The molecule has 3 aromatic heterocycles. The van der Waals surface area contributed by atoms with Crippen molar-refractivity contribution in [2.45, 2.75) is 19.6 Å². The molecule has 0 amide bonds. The van der Waals surface area contributed by atoms with Gasteiger partial charge in [0.15, 0.2) is 11.4 Å². The van der Waals surface area contributed by atoms with Crippen LogP contribution < -0.4 is 10.5 Å². The van der Waals surface area contributed by atoms with E-state index in [-0.39, 0.29) is 16.6 Å². The van der Waals surface area contributed by atoms with Gasteiger partial charge in [-0.3, -0.25) is 4.90 Å². The molecule has 0 aliphatic carbocycles. The summed E-state index contributed by atoms with van der Waals surface area (Å²) in [6.45, 7) is 6.97. The molecule has 1 atom stereocenters. The highest BCUT2D eigenvalue weighted by atomic mass is 35.5. The predicted octanol–water partition coefficient (Wildman–Crippen LogP) is 6.47. The maximum Gasteiger partial charge on any atom is 0.205 e. The van der Waals surface area contributed by atoms with E-state index < -0.39 is 11.9 Å². The minimum absolute atomic E-state index is 0.0880. The van der Waals surface area contributed by atoms with Gasteiger partial charge in [-0.25, -0.2) is 9.37 Å². The van der Waals surface area contributed by atoms with Crippen LogP contribution in [-0.4, -0.2) is 48.0 Å². The molecule has 184 valence electrons. The third-order valence-electron chi connectivity index (χ3n) is 6.32. The standard InChI is InChI=1S/C25H25Cl2FN4O2S/c1-14(21-19(26)3-4-20(28)22(21)27)34-24-23-17(10-30-25(24)29)18(12-33-23)15-9-16(35-13-15)11-32-7-5-31(2)6-8-32/h3-4,9-10,12-14H,5-8,11H2,1-2H3,(H2,29,30). The van der Waals surface area contributed by atoms with E-state index in [4.69, 9.17) is 38.1 Å². The minimum atomic E-state index is -0.690. The van der Waals surface area contributed by atoms with E-state index >= 15 is 0 Å². The molecule has 1 aliphatic rings. The Morgan fingerprint density at radius 3 is 2.80 bits per heavy atom. The first-order valence-electron chi connectivity index (χ1n) is 11.3. The Balaban J connectivity index is 1.42. The van der Waals surface area contributed by atoms with Crippen molar-refractivity contribution in [1.82, 2.24) is 14.8 Å². The molecule has 6 nitrogen and oxygen atoms in total. The molecule has 0 saturated carbocycles. The van der Waals surface area contributed by atoms with Crippen molar-refractivity contribution in [3.8, 4) is 16.9 Å². The van der Waals surface area contributed by atoms with E-state index in [9.17, 15) is 4.39 Å². The average Bonchev–Trinajstić information content (AvgIpc) is 3.47. The van der Waals surface area contributed by atoms with E-state index in [1.165, 1.54) is 17.0 Å². The Kier molecular flexibility index (Phi) is 6.92. The second kappa shape index (κ2) is 9.95. The zero-order chi connectivity index (χ0) is 24.7. The Hall–Kier alpha value is -2.36. The molecule has 5 rings (SSSR count). The fourth-order valence-electron chi connectivity index (χ4n) is 4.30. The van der Waals surface area contributed by atoms with Gasteiger partial charge in [-0.2, -0.15) is 0 Å². The van der Waals surface area contributed by atoms with Crippen LogP contribution in [-0.2, 0) is 6.54 Å². The minimum Gasteiger partial charge on any atom is -0.478 e. The number of hydrogen-bond donors (Lipinski definition) is 1. The van der Waals surface area contributed by atoms with Crippen LogP contribution in [0.15, 0.2) is 40.5 Å². The van der Waals surface area contributed by atoms with Gasteiger partial charge in [0.1, 0.15) is 11.9 Å². The summed E-state index contributed by atoms with van der Waals surface area (Å²) in [5, 5.41) is 3.12. The number of likely N-dealkylation sites (N-methyl/N-ethyl adjacent to an activating group) is 1. The van der Waals surface area contributed by atoms with Crippen molar-refractivity contribution < 1.29 is 13.5 Å². The van der Waals surface area contributed by atoms with E-state index in [0.29, 0.717) is 16.2 Å². The molecule has 4 heterocycles. The fourth-order valence-corrected chi connectivity index (χ4v) is 5.90. The van der Waals surface area contributed by atoms with Crippen molar-refractivity contribution in [1.29, 1.82) is 0 Å². The van der Waals surface area contributed by atoms with Crippen molar-refractivity contribution in [3.63, 3.8) is 0 Å². The molecule has 2 N–H and O–H groups in total. The Morgan fingerprint density at radius 1 is 1.26 bits per heavy atom. The normalized spacial score (nSPS) is 16.1. The number of nitrogen functional groups attached to an aromatic ring is 1. The van der Waals surface area contributed by atoms with Crippen LogP contribution in [0, 0.1) is 5.82 Å². The number of rotatable bonds is 6. The van der Waals surface area contributed by atoms with Gasteiger partial charge in [0.2, 0.25) is 5.75 Å². The van der Waals surface area contributed by atoms with Crippen molar-refractivity contribution in [2.75, 3.05) is 39.0 Å². The number of hydrogen-bond acceptors (Lipinski definition) is 7. The summed E-state index contributed by atoms with van der Waals surface area (Å²) >= 11 is 14.2. The lowest BCUT2D eigenvalue weighted by Crippen LogP contribution is -2.43. The number of fused-ring (bicyclic) bond motifs is 1. The number of aromatic nitrogens is 1. The highest BCUT2D eigenvalue weighted by Crippen LogP contribution is 2.42. The molecule has 0 spiro atoms. The largest absolute Gasteiger partial charge is 0.478 e.